The maximum absolute atomic E-state index is 2.42. The zero-order chi connectivity index (χ0) is 18.6. The van der Waals surface area contributed by atoms with E-state index >= 15 is 0 Å². The molecule has 2 aliphatic rings. The van der Waals surface area contributed by atoms with Gasteiger partial charge < -0.3 is 0 Å². The molecule has 130 valence electrons. The molecule has 1 aliphatic heterocycles. The van der Waals surface area contributed by atoms with Gasteiger partial charge in [0.25, 0.3) is 0 Å². The summed E-state index contributed by atoms with van der Waals surface area (Å²) >= 11 is 0. The van der Waals surface area contributed by atoms with Gasteiger partial charge in [0.2, 0.25) is 0 Å². The number of hydrogen-bond donors (Lipinski definition) is 0. The van der Waals surface area contributed by atoms with Crippen LogP contribution in [0.3, 0.4) is 0 Å². The first-order chi connectivity index (χ1) is 13.9. The second-order valence-electron chi connectivity index (χ2n) is 7.43. The summed E-state index contributed by atoms with van der Waals surface area (Å²) in [7, 11) is 1.30. The minimum atomic E-state index is -0.253. The first-order valence-corrected chi connectivity index (χ1v) is 10.6. The molecule has 1 aliphatic carbocycles. The summed E-state index contributed by atoms with van der Waals surface area (Å²) in [5.74, 6) is 2.30. The predicted molar refractivity (Wildman–Crippen MR) is 122 cm³/mol. The third kappa shape index (κ3) is 2.04. The van der Waals surface area contributed by atoms with Gasteiger partial charge in [-0.1, -0.05) is 0 Å². The van der Waals surface area contributed by atoms with E-state index < -0.39 is 0 Å². The van der Waals surface area contributed by atoms with Crippen molar-refractivity contribution in [2.45, 2.75) is 5.41 Å². The fraction of sp³-hybridized carbons (Fsp3) is 0.0370. The minimum absolute atomic E-state index is 0.253. The van der Waals surface area contributed by atoms with Crippen LogP contribution in [0.2, 0.25) is 0 Å². The summed E-state index contributed by atoms with van der Waals surface area (Å²) in [5.41, 5.74) is 6.65. The second-order valence-corrected chi connectivity index (χ2v) is 8.44. The van der Waals surface area contributed by atoms with Crippen LogP contribution in [0.25, 0.3) is 10.8 Å². The molecule has 0 N–H and O–H groups in total. The van der Waals surface area contributed by atoms with Crippen molar-refractivity contribution in [1.82, 2.24) is 0 Å². The summed E-state index contributed by atoms with van der Waals surface area (Å²) in [6.07, 6.45) is 2.35. The number of fused-ring (bicyclic) bond motifs is 4. The van der Waals surface area contributed by atoms with Gasteiger partial charge in [0.05, 0.1) is 0 Å². The Hall–Kier alpha value is -2.95. The molecule has 0 saturated carbocycles. The van der Waals surface area contributed by atoms with E-state index in [2.05, 4.69) is 109 Å². The molecule has 0 spiro atoms. The SMILES string of the molecule is C1=[P+]=C2C(=C1)C(c1ccccc1)(c1ccccc1)c1cc3ccccc3cc12. The van der Waals surface area contributed by atoms with Crippen molar-refractivity contribution in [3.63, 3.8) is 0 Å². The first kappa shape index (κ1) is 16.0. The Morgan fingerprint density at radius 3 is 1.82 bits per heavy atom. The number of benzene rings is 4. The molecule has 4 aromatic rings. The monoisotopic (exact) mass is 373 g/mol. The van der Waals surface area contributed by atoms with Crippen molar-refractivity contribution in [2.24, 2.45) is 0 Å². The Labute approximate surface area is 166 Å². The van der Waals surface area contributed by atoms with E-state index in [4.69, 9.17) is 0 Å². The van der Waals surface area contributed by atoms with Gasteiger partial charge in [-0.05, 0) is 0 Å². The summed E-state index contributed by atoms with van der Waals surface area (Å²) in [4.78, 5) is 0. The standard InChI is InChI=1S/C27H18P/c1-3-11-21(12-4-1)27(22-13-5-2-6-14-22)24-15-16-28-26(24)23-17-19-9-7-8-10-20(19)18-25(23)27/h1-18H/q+1. The molecule has 6 rings (SSSR count). The third-order valence-electron chi connectivity index (χ3n) is 6.06. The molecule has 1 heteroatoms. The third-order valence-corrected chi connectivity index (χ3v) is 7.10. The molecule has 0 aromatic heterocycles. The van der Waals surface area contributed by atoms with Crippen LogP contribution in [0.4, 0.5) is 0 Å². The van der Waals surface area contributed by atoms with Crippen molar-refractivity contribution < 1.29 is 0 Å². The van der Waals surface area contributed by atoms with Crippen LogP contribution in [0.15, 0.2) is 109 Å². The zero-order valence-electron chi connectivity index (χ0n) is 15.3. The molecular weight excluding hydrogens is 355 g/mol. The van der Waals surface area contributed by atoms with E-state index in [0.717, 1.165) is 0 Å². The van der Waals surface area contributed by atoms with Crippen LogP contribution in [0, 0.1) is 0 Å². The molecule has 0 saturated heterocycles. The van der Waals surface area contributed by atoms with Crippen molar-refractivity contribution in [1.29, 1.82) is 0 Å². The van der Waals surface area contributed by atoms with Crippen LogP contribution >= 0.6 is 7.83 Å². The molecule has 0 radical (unpaired) electrons. The van der Waals surface area contributed by atoms with Gasteiger partial charge in [-0.25, -0.2) is 0 Å². The van der Waals surface area contributed by atoms with Crippen LogP contribution in [-0.2, 0) is 5.41 Å². The summed E-state index contributed by atoms with van der Waals surface area (Å²) in [6.45, 7) is 0. The van der Waals surface area contributed by atoms with Crippen molar-refractivity contribution in [3.05, 3.63) is 131 Å². The van der Waals surface area contributed by atoms with E-state index in [0.29, 0.717) is 0 Å². The number of hydrogen-bond acceptors (Lipinski definition) is 0. The Bertz CT molecular complexity index is 1280. The van der Waals surface area contributed by atoms with Gasteiger partial charge in [0.1, 0.15) is 0 Å². The van der Waals surface area contributed by atoms with E-state index in [1.807, 2.05) is 0 Å². The van der Waals surface area contributed by atoms with Crippen LogP contribution < -0.4 is 0 Å². The van der Waals surface area contributed by atoms with Gasteiger partial charge in [0.15, 0.2) is 0 Å². The predicted octanol–water partition coefficient (Wildman–Crippen LogP) is 6.40. The fourth-order valence-electron chi connectivity index (χ4n) is 4.91. The normalized spacial score (nSPS) is 16.1. The molecule has 4 aromatic carbocycles. The van der Waals surface area contributed by atoms with Crippen molar-refractivity contribution in [2.75, 3.05) is 0 Å². The summed E-state index contributed by atoms with van der Waals surface area (Å²) < 4.78 is 0. The topological polar surface area (TPSA) is 0 Å². The Balaban J connectivity index is 1.81. The molecule has 0 atom stereocenters. The average molecular weight is 373 g/mol. The van der Waals surface area contributed by atoms with Crippen LogP contribution in [-0.4, -0.2) is 11.1 Å². The van der Waals surface area contributed by atoms with Crippen molar-refractivity contribution >= 4 is 29.7 Å². The fourth-order valence-corrected chi connectivity index (χ4v) is 5.99. The van der Waals surface area contributed by atoms with Gasteiger partial charge in [0, 0.05) is 0 Å². The molecule has 0 fully saturated rings. The van der Waals surface area contributed by atoms with E-state index in [-0.39, 0.29) is 5.41 Å². The molecule has 1 heterocycles. The number of rotatable bonds is 2. The molecule has 0 bridgehead atoms. The molecular formula is C27H18P+. The Kier molecular flexibility index (Phi) is 3.45. The van der Waals surface area contributed by atoms with Crippen LogP contribution in [0.5, 0.6) is 0 Å². The first-order valence-electron chi connectivity index (χ1n) is 9.66. The van der Waals surface area contributed by atoms with Gasteiger partial charge >= 0.3 is 166 Å². The molecule has 0 amide bonds. The Morgan fingerprint density at radius 2 is 1.18 bits per heavy atom. The van der Waals surface area contributed by atoms with Crippen molar-refractivity contribution in [3.8, 4) is 0 Å². The van der Waals surface area contributed by atoms with Gasteiger partial charge in [-0.3, -0.25) is 0 Å². The van der Waals surface area contributed by atoms with Gasteiger partial charge in [-0.2, -0.15) is 0 Å². The zero-order valence-corrected chi connectivity index (χ0v) is 16.2. The average Bonchev–Trinajstić information content (AvgIpc) is 3.34. The quantitative estimate of drug-likeness (QED) is 0.357. The molecule has 0 unspecified atom stereocenters. The Morgan fingerprint density at radius 1 is 0.607 bits per heavy atom. The van der Waals surface area contributed by atoms with Gasteiger partial charge in [-0.15, -0.1) is 0 Å². The molecule has 28 heavy (non-hydrogen) atoms. The van der Waals surface area contributed by atoms with E-state index in [1.54, 1.807) is 0 Å². The number of allylic oxidation sites excluding steroid dienone is 2. The maximum atomic E-state index is 2.42. The van der Waals surface area contributed by atoms with Crippen LogP contribution in [0.1, 0.15) is 22.3 Å². The summed E-state index contributed by atoms with van der Waals surface area (Å²) in [5, 5.41) is 4.07. The second kappa shape index (κ2) is 6.03. The van der Waals surface area contributed by atoms with E-state index in [1.165, 1.54) is 51.7 Å². The summed E-state index contributed by atoms with van der Waals surface area (Å²) in [6, 6.07) is 35.5. The molecule has 0 nitrogen and oxygen atoms in total. The van der Waals surface area contributed by atoms with E-state index in [9.17, 15) is 0 Å².